The molecule has 9 heteroatoms. The van der Waals surface area contributed by atoms with E-state index in [2.05, 4.69) is 15.3 Å². The number of carbonyl (C=O) groups is 2. The topological polar surface area (TPSA) is 89.4 Å². The first-order chi connectivity index (χ1) is 14.1. The van der Waals surface area contributed by atoms with E-state index in [1.807, 2.05) is 37.8 Å². The van der Waals surface area contributed by atoms with Gasteiger partial charge in [-0.3, -0.25) is 4.79 Å². The van der Waals surface area contributed by atoms with Crippen LogP contribution in [0.4, 0.5) is 4.79 Å². The molecule has 0 bridgehead atoms. The van der Waals surface area contributed by atoms with Crippen molar-refractivity contribution < 1.29 is 14.3 Å². The summed E-state index contributed by atoms with van der Waals surface area (Å²) in [6, 6.07) is 0.155. The van der Waals surface area contributed by atoms with Crippen LogP contribution in [-0.2, 0) is 11.8 Å². The maximum Gasteiger partial charge on any atom is 0.410 e. The van der Waals surface area contributed by atoms with E-state index in [1.54, 1.807) is 17.4 Å². The van der Waals surface area contributed by atoms with E-state index in [1.165, 1.54) is 11.3 Å². The molecule has 0 unspecified atom stereocenters. The molecule has 0 aromatic carbocycles. The number of rotatable bonds is 3. The van der Waals surface area contributed by atoms with Gasteiger partial charge in [0.05, 0.1) is 18.2 Å². The molecule has 1 saturated carbocycles. The lowest BCUT2D eigenvalue weighted by atomic mass is 9.67. The van der Waals surface area contributed by atoms with Gasteiger partial charge in [-0.1, -0.05) is 0 Å². The van der Waals surface area contributed by atoms with Crippen LogP contribution < -0.4 is 5.32 Å². The van der Waals surface area contributed by atoms with Crippen molar-refractivity contribution in [3.05, 3.63) is 22.9 Å². The normalized spacial score (nSPS) is 18.9. The van der Waals surface area contributed by atoms with Crippen LogP contribution in [-0.4, -0.2) is 56.2 Å². The minimum Gasteiger partial charge on any atom is -0.444 e. The summed E-state index contributed by atoms with van der Waals surface area (Å²) in [7, 11) is 1.91. The number of nitrogens with zero attached hydrogens (tertiary/aromatic N) is 4. The Hall–Kier alpha value is -2.42. The summed E-state index contributed by atoms with van der Waals surface area (Å²) in [6.07, 6.45) is 7.11. The van der Waals surface area contributed by atoms with E-state index < -0.39 is 5.60 Å². The first-order valence-corrected chi connectivity index (χ1v) is 11.2. The molecule has 162 valence electrons. The van der Waals surface area contributed by atoms with E-state index in [4.69, 9.17) is 4.74 Å². The Bertz CT molecular complexity index is 929. The van der Waals surface area contributed by atoms with Crippen LogP contribution in [0.25, 0.3) is 11.4 Å². The summed E-state index contributed by atoms with van der Waals surface area (Å²) < 4.78 is 7.34. The van der Waals surface area contributed by atoms with Crippen LogP contribution in [0.15, 0.2) is 17.9 Å². The number of aromatic nitrogens is 3. The minimum absolute atomic E-state index is 0.113. The van der Waals surface area contributed by atoms with Crippen molar-refractivity contribution >= 4 is 23.3 Å². The second-order valence-corrected chi connectivity index (χ2v) is 10.4. The van der Waals surface area contributed by atoms with Crippen LogP contribution >= 0.6 is 11.3 Å². The van der Waals surface area contributed by atoms with Crippen molar-refractivity contribution in [2.24, 2.45) is 12.5 Å². The molecule has 1 aliphatic heterocycles. The second kappa shape index (κ2) is 7.68. The van der Waals surface area contributed by atoms with Gasteiger partial charge in [0.1, 0.15) is 11.3 Å². The number of thiazole rings is 1. The molecule has 1 aliphatic carbocycles. The molecule has 8 nitrogen and oxygen atoms in total. The largest absolute Gasteiger partial charge is 0.444 e. The Morgan fingerprint density at radius 3 is 2.57 bits per heavy atom. The lowest BCUT2D eigenvalue weighted by Gasteiger charge is -2.53. The number of hydrogen-bond donors (Lipinski definition) is 1. The predicted molar refractivity (Wildman–Crippen MR) is 114 cm³/mol. The van der Waals surface area contributed by atoms with Gasteiger partial charge in [0, 0.05) is 37.0 Å². The highest BCUT2D eigenvalue weighted by molar-refractivity contribution is 7.12. The molecular formula is C21H29N5O3S. The number of nitrogens with one attached hydrogen (secondary N) is 1. The zero-order valence-electron chi connectivity index (χ0n) is 18.0. The molecule has 1 spiro atoms. The molecule has 1 saturated heterocycles. The monoisotopic (exact) mass is 431 g/mol. The second-order valence-electron chi connectivity index (χ2n) is 9.51. The van der Waals surface area contributed by atoms with Crippen molar-refractivity contribution in [1.82, 2.24) is 24.8 Å². The lowest BCUT2D eigenvalue weighted by Crippen LogP contribution is -2.61. The molecule has 2 aliphatic rings. The third-order valence-corrected chi connectivity index (χ3v) is 6.70. The lowest BCUT2D eigenvalue weighted by molar-refractivity contribution is -0.0512. The highest BCUT2D eigenvalue weighted by atomic mass is 32.1. The minimum atomic E-state index is -0.464. The molecule has 2 aromatic heterocycles. The van der Waals surface area contributed by atoms with Crippen LogP contribution in [0.5, 0.6) is 0 Å². The van der Waals surface area contributed by atoms with Gasteiger partial charge in [0.25, 0.3) is 5.91 Å². The molecule has 0 atom stereocenters. The van der Waals surface area contributed by atoms with Gasteiger partial charge in [-0.2, -0.15) is 0 Å². The Labute approximate surface area is 180 Å². The standard InChI is InChI=1S/C21H29N5O3S/c1-20(2,3)29-19(28)26-11-21(12-26)7-5-14(6-8-21)23-17(27)18-24-15(10-30-18)16-9-22-13-25(16)4/h9-10,13-14H,5-8,11-12H2,1-4H3,(H,23,27). The number of carbonyl (C=O) groups excluding carboxylic acids is 2. The predicted octanol–water partition coefficient (Wildman–Crippen LogP) is 3.45. The van der Waals surface area contributed by atoms with Crippen LogP contribution in [0.1, 0.15) is 56.3 Å². The molecule has 1 N–H and O–H groups in total. The van der Waals surface area contributed by atoms with Crippen molar-refractivity contribution in [1.29, 1.82) is 0 Å². The van der Waals surface area contributed by atoms with E-state index >= 15 is 0 Å². The summed E-state index contributed by atoms with van der Waals surface area (Å²) >= 11 is 1.35. The summed E-state index contributed by atoms with van der Waals surface area (Å²) in [5.41, 5.74) is 1.38. The maximum absolute atomic E-state index is 12.6. The van der Waals surface area contributed by atoms with Crippen molar-refractivity contribution in [2.45, 2.75) is 58.1 Å². The highest BCUT2D eigenvalue weighted by Crippen LogP contribution is 2.44. The Balaban J connectivity index is 1.26. The third kappa shape index (κ3) is 4.35. The number of hydrogen-bond acceptors (Lipinski definition) is 6. The molecule has 2 amide bonds. The first-order valence-electron chi connectivity index (χ1n) is 10.4. The van der Waals surface area contributed by atoms with E-state index in [0.717, 1.165) is 50.2 Å². The van der Waals surface area contributed by atoms with E-state index in [-0.39, 0.29) is 23.5 Å². The number of likely N-dealkylation sites (tertiary alicyclic amines) is 1. The number of amides is 2. The number of imidazole rings is 1. The van der Waals surface area contributed by atoms with Gasteiger partial charge in [-0.15, -0.1) is 11.3 Å². The average molecular weight is 432 g/mol. The van der Waals surface area contributed by atoms with Crippen LogP contribution in [0, 0.1) is 5.41 Å². The van der Waals surface area contributed by atoms with E-state index in [0.29, 0.717) is 5.01 Å². The molecule has 0 radical (unpaired) electrons. The zero-order valence-corrected chi connectivity index (χ0v) is 18.8. The van der Waals surface area contributed by atoms with Gasteiger partial charge in [0.2, 0.25) is 0 Å². The molecule has 2 aromatic rings. The fourth-order valence-corrected chi connectivity index (χ4v) is 4.97. The van der Waals surface area contributed by atoms with Crippen molar-refractivity contribution in [2.75, 3.05) is 13.1 Å². The average Bonchev–Trinajstić information content (AvgIpc) is 3.27. The Kier molecular flexibility index (Phi) is 5.34. The summed E-state index contributed by atoms with van der Waals surface area (Å²) in [5.74, 6) is -0.113. The Morgan fingerprint density at radius 2 is 1.97 bits per heavy atom. The van der Waals surface area contributed by atoms with Crippen LogP contribution in [0.2, 0.25) is 0 Å². The van der Waals surface area contributed by atoms with Gasteiger partial charge in [0.15, 0.2) is 5.01 Å². The third-order valence-electron chi connectivity index (χ3n) is 5.86. The fourth-order valence-electron chi connectivity index (χ4n) is 4.26. The smallest absolute Gasteiger partial charge is 0.410 e. The van der Waals surface area contributed by atoms with Gasteiger partial charge in [-0.05, 0) is 46.5 Å². The van der Waals surface area contributed by atoms with Crippen molar-refractivity contribution in [3.63, 3.8) is 0 Å². The van der Waals surface area contributed by atoms with E-state index in [9.17, 15) is 9.59 Å². The summed E-state index contributed by atoms with van der Waals surface area (Å²) in [6.45, 7) is 7.16. The number of ether oxygens (including phenoxy) is 1. The van der Waals surface area contributed by atoms with Crippen molar-refractivity contribution in [3.8, 4) is 11.4 Å². The first kappa shape index (κ1) is 20.8. The molecule has 2 fully saturated rings. The molecule has 30 heavy (non-hydrogen) atoms. The molecule has 4 rings (SSSR count). The molecule has 3 heterocycles. The van der Waals surface area contributed by atoms with Gasteiger partial charge < -0.3 is 19.5 Å². The molecular weight excluding hydrogens is 402 g/mol. The quantitative estimate of drug-likeness (QED) is 0.804. The van der Waals surface area contributed by atoms with Gasteiger partial charge in [-0.25, -0.2) is 14.8 Å². The van der Waals surface area contributed by atoms with Gasteiger partial charge >= 0.3 is 6.09 Å². The highest BCUT2D eigenvalue weighted by Gasteiger charge is 2.48. The summed E-state index contributed by atoms with van der Waals surface area (Å²) in [4.78, 5) is 35.2. The SMILES string of the molecule is Cn1cncc1-c1csc(C(=O)NC2CCC3(CC2)CN(C(=O)OC(C)(C)C)C3)n1. The zero-order chi connectivity index (χ0) is 21.5. The Morgan fingerprint density at radius 1 is 1.27 bits per heavy atom. The van der Waals surface area contributed by atoms with Crippen LogP contribution in [0.3, 0.4) is 0 Å². The number of aryl methyl sites for hydroxylation is 1. The fraction of sp³-hybridized carbons (Fsp3) is 0.619. The summed E-state index contributed by atoms with van der Waals surface area (Å²) in [5, 5.41) is 5.51. The maximum atomic E-state index is 12.6.